The van der Waals surface area contributed by atoms with E-state index < -0.39 is 10.0 Å². The number of hydrogen-bond acceptors (Lipinski definition) is 3. The van der Waals surface area contributed by atoms with Crippen LogP contribution in [0.4, 0.5) is 10.2 Å². The van der Waals surface area contributed by atoms with Gasteiger partial charge in [0, 0.05) is 5.69 Å². The van der Waals surface area contributed by atoms with Gasteiger partial charge in [-0.1, -0.05) is 30.3 Å². The van der Waals surface area contributed by atoms with Gasteiger partial charge < -0.3 is 0 Å². The van der Waals surface area contributed by atoms with E-state index in [1.54, 1.807) is 56.3 Å². The molecule has 2 aromatic carbocycles. The minimum absolute atomic E-state index is 0.163. The van der Waals surface area contributed by atoms with E-state index in [1.807, 2.05) is 0 Å². The number of halogens is 1. The smallest absolute Gasteiger partial charge is 0.263 e. The number of aryl methyl sites for hydroxylation is 2. The molecule has 0 aliphatic carbocycles. The Kier molecular flexibility index (Phi) is 4.55. The van der Waals surface area contributed by atoms with Crippen molar-refractivity contribution < 1.29 is 12.8 Å². The molecule has 0 aliphatic rings. The Morgan fingerprint density at radius 3 is 2.32 bits per heavy atom. The maximum Gasteiger partial charge on any atom is 0.263 e. The average molecular weight is 356 g/mol. The molecule has 1 N–H and O–H groups in total. The third-order valence-electron chi connectivity index (χ3n) is 3.75. The molecule has 6 heteroatoms. The van der Waals surface area contributed by atoms with E-state index in [1.165, 1.54) is 18.2 Å². The summed E-state index contributed by atoms with van der Waals surface area (Å²) in [5, 5.41) is 0. The molecular weight excluding hydrogens is 339 g/mol. The zero-order valence-corrected chi connectivity index (χ0v) is 14.6. The summed E-state index contributed by atoms with van der Waals surface area (Å²) < 4.78 is 41.1. The maximum atomic E-state index is 13.4. The van der Waals surface area contributed by atoms with Crippen molar-refractivity contribution in [1.29, 1.82) is 0 Å². The molecule has 0 spiro atoms. The lowest BCUT2D eigenvalue weighted by atomic mass is 10.0. The van der Waals surface area contributed by atoms with Gasteiger partial charge in [-0.3, -0.25) is 4.72 Å². The second kappa shape index (κ2) is 6.64. The second-order valence-electron chi connectivity index (χ2n) is 5.76. The second-order valence-corrected chi connectivity index (χ2v) is 7.41. The lowest BCUT2D eigenvalue weighted by molar-refractivity contribution is 0.600. The zero-order valence-electron chi connectivity index (χ0n) is 13.8. The number of anilines is 1. The van der Waals surface area contributed by atoms with Crippen LogP contribution < -0.4 is 4.72 Å². The SMILES string of the molecule is Cc1cccc(NS(=O)(=O)c2ccc(-c3cccc(F)c3)cc2C)n1. The van der Waals surface area contributed by atoms with E-state index in [0.717, 1.165) is 11.3 Å². The van der Waals surface area contributed by atoms with E-state index in [4.69, 9.17) is 0 Å². The van der Waals surface area contributed by atoms with Crippen molar-refractivity contribution >= 4 is 15.8 Å². The molecule has 1 heterocycles. The Labute approximate surface area is 146 Å². The van der Waals surface area contributed by atoms with Gasteiger partial charge in [-0.05, 0) is 60.9 Å². The highest BCUT2D eigenvalue weighted by molar-refractivity contribution is 7.92. The number of pyridine rings is 1. The van der Waals surface area contributed by atoms with E-state index in [2.05, 4.69) is 9.71 Å². The molecule has 0 unspecified atom stereocenters. The molecule has 3 aromatic rings. The highest BCUT2D eigenvalue weighted by Crippen LogP contribution is 2.26. The first-order valence-electron chi connectivity index (χ1n) is 7.68. The lowest BCUT2D eigenvalue weighted by Gasteiger charge is -2.12. The molecule has 0 saturated carbocycles. The van der Waals surface area contributed by atoms with Crippen molar-refractivity contribution in [3.8, 4) is 11.1 Å². The molecule has 1 aromatic heterocycles. The third kappa shape index (κ3) is 3.85. The molecule has 0 amide bonds. The number of aromatic nitrogens is 1. The van der Waals surface area contributed by atoms with Crippen LogP contribution in [0.1, 0.15) is 11.3 Å². The Balaban J connectivity index is 1.95. The number of hydrogen-bond donors (Lipinski definition) is 1. The Hall–Kier alpha value is -2.73. The van der Waals surface area contributed by atoms with Crippen molar-refractivity contribution in [2.45, 2.75) is 18.7 Å². The van der Waals surface area contributed by atoms with Gasteiger partial charge in [0.15, 0.2) is 0 Å². The summed E-state index contributed by atoms with van der Waals surface area (Å²) in [7, 11) is -3.75. The van der Waals surface area contributed by atoms with Crippen LogP contribution in [0, 0.1) is 19.7 Å². The summed E-state index contributed by atoms with van der Waals surface area (Å²) in [6.07, 6.45) is 0. The van der Waals surface area contributed by atoms with Crippen molar-refractivity contribution in [2.75, 3.05) is 4.72 Å². The lowest BCUT2D eigenvalue weighted by Crippen LogP contribution is -2.15. The van der Waals surface area contributed by atoms with Crippen molar-refractivity contribution in [3.05, 3.63) is 77.7 Å². The minimum Gasteiger partial charge on any atom is -0.263 e. The average Bonchev–Trinajstić information content (AvgIpc) is 2.54. The fourth-order valence-corrected chi connectivity index (χ4v) is 3.82. The normalized spacial score (nSPS) is 11.3. The predicted molar refractivity (Wildman–Crippen MR) is 96.4 cm³/mol. The molecule has 0 bridgehead atoms. The van der Waals surface area contributed by atoms with E-state index in [0.29, 0.717) is 11.1 Å². The minimum atomic E-state index is -3.75. The summed E-state index contributed by atoms with van der Waals surface area (Å²) in [6, 6.07) is 16.2. The number of rotatable bonds is 4. The highest BCUT2D eigenvalue weighted by atomic mass is 32.2. The molecule has 0 radical (unpaired) electrons. The molecule has 4 nitrogen and oxygen atoms in total. The quantitative estimate of drug-likeness (QED) is 0.758. The van der Waals surface area contributed by atoms with Crippen LogP contribution in [-0.4, -0.2) is 13.4 Å². The monoisotopic (exact) mass is 356 g/mol. The van der Waals surface area contributed by atoms with Crippen molar-refractivity contribution in [2.24, 2.45) is 0 Å². The van der Waals surface area contributed by atoms with Crippen LogP contribution in [0.2, 0.25) is 0 Å². The van der Waals surface area contributed by atoms with Gasteiger partial charge in [0.05, 0.1) is 4.90 Å². The summed E-state index contributed by atoms with van der Waals surface area (Å²) in [4.78, 5) is 4.32. The summed E-state index contributed by atoms with van der Waals surface area (Å²) in [5.74, 6) is -0.0624. The van der Waals surface area contributed by atoms with Crippen LogP contribution in [0.3, 0.4) is 0 Å². The highest BCUT2D eigenvalue weighted by Gasteiger charge is 2.18. The summed E-state index contributed by atoms with van der Waals surface area (Å²) in [5.41, 5.74) is 2.74. The van der Waals surface area contributed by atoms with Crippen molar-refractivity contribution in [3.63, 3.8) is 0 Å². The molecule has 3 rings (SSSR count). The predicted octanol–water partition coefficient (Wildman–Crippen LogP) is 4.31. The van der Waals surface area contributed by atoms with Crippen LogP contribution in [0.15, 0.2) is 65.6 Å². The fourth-order valence-electron chi connectivity index (χ4n) is 2.59. The third-order valence-corrected chi connectivity index (χ3v) is 5.26. The van der Waals surface area contributed by atoms with Crippen LogP contribution in [0.25, 0.3) is 11.1 Å². The van der Waals surface area contributed by atoms with Gasteiger partial charge in [-0.15, -0.1) is 0 Å². The molecule has 0 saturated heterocycles. The first-order valence-corrected chi connectivity index (χ1v) is 9.16. The maximum absolute atomic E-state index is 13.4. The number of nitrogens with one attached hydrogen (secondary N) is 1. The zero-order chi connectivity index (χ0) is 18.0. The number of sulfonamides is 1. The van der Waals surface area contributed by atoms with Crippen LogP contribution in [0.5, 0.6) is 0 Å². The molecule has 0 fully saturated rings. The van der Waals surface area contributed by atoms with Gasteiger partial charge in [0.25, 0.3) is 10.0 Å². The van der Waals surface area contributed by atoms with E-state index in [9.17, 15) is 12.8 Å². The van der Waals surface area contributed by atoms with Crippen LogP contribution in [-0.2, 0) is 10.0 Å². The van der Waals surface area contributed by atoms with Gasteiger partial charge in [-0.25, -0.2) is 17.8 Å². The van der Waals surface area contributed by atoms with Gasteiger partial charge in [-0.2, -0.15) is 0 Å². The molecule has 25 heavy (non-hydrogen) atoms. The summed E-state index contributed by atoms with van der Waals surface area (Å²) in [6.45, 7) is 3.50. The van der Waals surface area contributed by atoms with Gasteiger partial charge >= 0.3 is 0 Å². The molecule has 128 valence electrons. The molecule has 0 aliphatic heterocycles. The topological polar surface area (TPSA) is 59.1 Å². The van der Waals surface area contributed by atoms with Gasteiger partial charge in [0.1, 0.15) is 11.6 Å². The first kappa shape index (κ1) is 17.1. The standard InChI is InChI=1S/C19H17FN2O2S/c1-13-11-16(15-6-4-7-17(20)12-15)9-10-18(13)25(23,24)22-19-8-3-5-14(2)21-19/h3-12H,1-2H3,(H,21,22). The molecular formula is C19H17FN2O2S. The Morgan fingerprint density at radius 2 is 1.64 bits per heavy atom. The number of nitrogens with zero attached hydrogens (tertiary/aromatic N) is 1. The van der Waals surface area contributed by atoms with Crippen molar-refractivity contribution in [1.82, 2.24) is 4.98 Å². The number of benzene rings is 2. The summed E-state index contributed by atoms with van der Waals surface area (Å²) >= 11 is 0. The van der Waals surface area contributed by atoms with Crippen LogP contribution >= 0.6 is 0 Å². The Bertz CT molecular complexity index is 1030. The largest absolute Gasteiger partial charge is 0.263 e. The Morgan fingerprint density at radius 1 is 0.920 bits per heavy atom. The fraction of sp³-hybridized carbons (Fsp3) is 0.105. The molecule has 0 atom stereocenters. The van der Waals surface area contributed by atoms with E-state index >= 15 is 0 Å². The first-order chi connectivity index (χ1) is 11.8. The van der Waals surface area contributed by atoms with Gasteiger partial charge in [0.2, 0.25) is 0 Å². The van der Waals surface area contributed by atoms with E-state index in [-0.39, 0.29) is 16.5 Å².